The Hall–Kier alpha value is -1.38. The van der Waals surface area contributed by atoms with Gasteiger partial charge in [-0.05, 0) is 25.3 Å². The van der Waals surface area contributed by atoms with E-state index in [0.29, 0.717) is 0 Å². The molecule has 3 heteroatoms. The van der Waals surface area contributed by atoms with E-state index in [9.17, 15) is 0 Å². The van der Waals surface area contributed by atoms with E-state index in [1.165, 1.54) is 5.56 Å². The SMILES string of the molecule is COc1cc(N)cc2c1OCCCC2. The molecule has 3 nitrogen and oxygen atoms in total. The molecule has 0 aromatic heterocycles. The van der Waals surface area contributed by atoms with Gasteiger partial charge < -0.3 is 15.2 Å². The number of methoxy groups -OCH3 is 1. The summed E-state index contributed by atoms with van der Waals surface area (Å²) in [7, 11) is 1.64. The third kappa shape index (κ3) is 1.62. The first-order valence-electron chi connectivity index (χ1n) is 4.90. The summed E-state index contributed by atoms with van der Waals surface area (Å²) in [5.74, 6) is 1.63. The summed E-state index contributed by atoms with van der Waals surface area (Å²) in [5.41, 5.74) is 7.68. The summed E-state index contributed by atoms with van der Waals surface area (Å²) >= 11 is 0. The highest BCUT2D eigenvalue weighted by atomic mass is 16.5. The highest BCUT2D eigenvalue weighted by molar-refractivity contribution is 5.57. The summed E-state index contributed by atoms with van der Waals surface area (Å²) in [6.07, 6.45) is 3.27. The van der Waals surface area contributed by atoms with Gasteiger partial charge >= 0.3 is 0 Å². The zero-order valence-corrected chi connectivity index (χ0v) is 8.38. The predicted octanol–water partition coefficient (Wildman–Crippen LogP) is 1.99. The van der Waals surface area contributed by atoms with Crippen LogP contribution in [0.3, 0.4) is 0 Å². The van der Waals surface area contributed by atoms with Gasteiger partial charge in [-0.2, -0.15) is 0 Å². The van der Waals surface area contributed by atoms with Crippen molar-refractivity contribution < 1.29 is 9.47 Å². The molecule has 2 N–H and O–H groups in total. The molecule has 14 heavy (non-hydrogen) atoms. The van der Waals surface area contributed by atoms with E-state index >= 15 is 0 Å². The average Bonchev–Trinajstić information content (AvgIpc) is 2.41. The molecular formula is C11H15NO2. The lowest BCUT2D eigenvalue weighted by atomic mass is 10.1. The number of hydrogen-bond donors (Lipinski definition) is 1. The summed E-state index contributed by atoms with van der Waals surface area (Å²) in [5, 5.41) is 0. The maximum Gasteiger partial charge on any atom is 0.164 e. The first-order chi connectivity index (χ1) is 6.81. The van der Waals surface area contributed by atoms with Crippen molar-refractivity contribution in [1.82, 2.24) is 0 Å². The molecular weight excluding hydrogens is 178 g/mol. The van der Waals surface area contributed by atoms with E-state index in [2.05, 4.69) is 0 Å². The molecule has 0 unspecified atom stereocenters. The van der Waals surface area contributed by atoms with E-state index in [4.69, 9.17) is 15.2 Å². The second kappa shape index (κ2) is 3.78. The van der Waals surface area contributed by atoms with Crippen LogP contribution in [0.15, 0.2) is 12.1 Å². The molecule has 0 atom stereocenters. The summed E-state index contributed by atoms with van der Waals surface area (Å²) in [6.45, 7) is 0.771. The van der Waals surface area contributed by atoms with Gasteiger partial charge in [0.1, 0.15) is 0 Å². The maximum absolute atomic E-state index is 5.77. The molecule has 0 fully saturated rings. The van der Waals surface area contributed by atoms with Gasteiger partial charge in [-0.1, -0.05) is 0 Å². The molecule has 0 spiro atoms. The van der Waals surface area contributed by atoms with Crippen LogP contribution < -0.4 is 15.2 Å². The summed E-state index contributed by atoms with van der Waals surface area (Å²) < 4.78 is 10.9. The van der Waals surface area contributed by atoms with Gasteiger partial charge in [0.2, 0.25) is 0 Å². The fourth-order valence-corrected chi connectivity index (χ4v) is 1.78. The van der Waals surface area contributed by atoms with E-state index < -0.39 is 0 Å². The van der Waals surface area contributed by atoms with Crippen molar-refractivity contribution in [2.75, 3.05) is 19.5 Å². The van der Waals surface area contributed by atoms with Crippen molar-refractivity contribution in [3.63, 3.8) is 0 Å². The first-order valence-corrected chi connectivity index (χ1v) is 4.90. The van der Waals surface area contributed by atoms with Crippen LogP contribution in [-0.2, 0) is 6.42 Å². The van der Waals surface area contributed by atoms with Crippen molar-refractivity contribution in [2.45, 2.75) is 19.3 Å². The number of anilines is 1. The minimum Gasteiger partial charge on any atom is -0.493 e. The molecule has 1 aromatic carbocycles. The van der Waals surface area contributed by atoms with Crippen LogP contribution in [0.5, 0.6) is 11.5 Å². The standard InChI is InChI=1S/C11H15NO2/c1-13-10-7-9(12)6-8-4-2-3-5-14-11(8)10/h6-7H,2-5,12H2,1H3. The van der Waals surface area contributed by atoms with Gasteiger partial charge in [0.15, 0.2) is 11.5 Å². The number of rotatable bonds is 1. The molecule has 0 amide bonds. The van der Waals surface area contributed by atoms with Crippen LogP contribution in [0.25, 0.3) is 0 Å². The zero-order chi connectivity index (χ0) is 9.97. The Morgan fingerprint density at radius 1 is 1.36 bits per heavy atom. The Kier molecular flexibility index (Phi) is 2.48. The lowest BCUT2D eigenvalue weighted by Crippen LogP contribution is -1.99. The second-order valence-corrected chi connectivity index (χ2v) is 3.52. The average molecular weight is 193 g/mol. The van der Waals surface area contributed by atoms with E-state index in [1.807, 2.05) is 12.1 Å². The zero-order valence-electron chi connectivity index (χ0n) is 8.38. The monoisotopic (exact) mass is 193 g/mol. The van der Waals surface area contributed by atoms with Crippen LogP contribution in [0, 0.1) is 0 Å². The minimum absolute atomic E-state index is 0.742. The maximum atomic E-state index is 5.77. The number of aryl methyl sites for hydroxylation is 1. The quantitative estimate of drug-likeness (QED) is 0.694. The Balaban J connectivity index is 2.46. The summed E-state index contributed by atoms with van der Waals surface area (Å²) in [6, 6.07) is 3.79. The number of fused-ring (bicyclic) bond motifs is 1. The molecule has 1 aliphatic heterocycles. The fraction of sp³-hybridized carbons (Fsp3) is 0.455. The molecule has 2 rings (SSSR count). The first kappa shape index (κ1) is 9.19. The van der Waals surface area contributed by atoms with Crippen molar-refractivity contribution in [1.29, 1.82) is 0 Å². The lowest BCUT2D eigenvalue weighted by Gasteiger charge is -2.12. The van der Waals surface area contributed by atoms with E-state index in [1.54, 1.807) is 7.11 Å². The van der Waals surface area contributed by atoms with Crippen LogP contribution in [0.1, 0.15) is 18.4 Å². The van der Waals surface area contributed by atoms with Crippen LogP contribution in [0.2, 0.25) is 0 Å². The lowest BCUT2D eigenvalue weighted by molar-refractivity contribution is 0.295. The molecule has 1 aliphatic rings. The van der Waals surface area contributed by atoms with Crippen molar-refractivity contribution in [2.24, 2.45) is 0 Å². The highest BCUT2D eigenvalue weighted by Gasteiger charge is 2.14. The van der Waals surface area contributed by atoms with Gasteiger partial charge in [0.05, 0.1) is 13.7 Å². The van der Waals surface area contributed by atoms with Crippen molar-refractivity contribution >= 4 is 5.69 Å². The van der Waals surface area contributed by atoms with Crippen LogP contribution in [0.4, 0.5) is 5.69 Å². The van der Waals surface area contributed by atoms with Gasteiger partial charge in [-0.25, -0.2) is 0 Å². The normalized spacial score (nSPS) is 15.2. The fourth-order valence-electron chi connectivity index (χ4n) is 1.78. The number of nitrogen functional groups attached to an aromatic ring is 1. The Bertz CT molecular complexity index is 336. The third-order valence-corrected chi connectivity index (χ3v) is 2.46. The topological polar surface area (TPSA) is 44.5 Å². The van der Waals surface area contributed by atoms with E-state index in [0.717, 1.165) is 43.1 Å². The largest absolute Gasteiger partial charge is 0.493 e. The van der Waals surface area contributed by atoms with Crippen LogP contribution in [-0.4, -0.2) is 13.7 Å². The Morgan fingerprint density at radius 3 is 3.00 bits per heavy atom. The number of ether oxygens (including phenoxy) is 2. The minimum atomic E-state index is 0.742. The molecule has 0 aliphatic carbocycles. The summed E-state index contributed by atoms with van der Waals surface area (Å²) in [4.78, 5) is 0. The number of benzene rings is 1. The molecule has 0 saturated carbocycles. The van der Waals surface area contributed by atoms with Crippen molar-refractivity contribution in [3.8, 4) is 11.5 Å². The Labute approximate surface area is 83.8 Å². The van der Waals surface area contributed by atoms with Crippen LogP contribution >= 0.6 is 0 Å². The molecule has 1 aromatic rings. The third-order valence-electron chi connectivity index (χ3n) is 2.46. The second-order valence-electron chi connectivity index (χ2n) is 3.52. The van der Waals surface area contributed by atoms with Gasteiger partial charge in [-0.15, -0.1) is 0 Å². The predicted molar refractivity (Wildman–Crippen MR) is 55.8 cm³/mol. The molecule has 0 radical (unpaired) electrons. The highest BCUT2D eigenvalue weighted by Crippen LogP contribution is 2.36. The Morgan fingerprint density at radius 2 is 2.21 bits per heavy atom. The molecule has 0 bridgehead atoms. The molecule has 76 valence electrons. The smallest absolute Gasteiger partial charge is 0.164 e. The van der Waals surface area contributed by atoms with Gasteiger partial charge in [0, 0.05) is 17.3 Å². The molecule has 0 saturated heterocycles. The van der Waals surface area contributed by atoms with Gasteiger partial charge in [0.25, 0.3) is 0 Å². The van der Waals surface area contributed by atoms with E-state index in [-0.39, 0.29) is 0 Å². The number of nitrogens with two attached hydrogens (primary N) is 1. The molecule has 1 heterocycles. The van der Waals surface area contributed by atoms with Crippen molar-refractivity contribution in [3.05, 3.63) is 17.7 Å². The number of hydrogen-bond acceptors (Lipinski definition) is 3. The van der Waals surface area contributed by atoms with Gasteiger partial charge in [-0.3, -0.25) is 0 Å².